The van der Waals surface area contributed by atoms with Gasteiger partial charge in [-0.3, -0.25) is 0 Å². The van der Waals surface area contributed by atoms with Crippen LogP contribution in [0.15, 0.2) is 23.8 Å². The molecular weight excluding hydrogens is 344 g/mol. The average molecular weight is 379 g/mol. The van der Waals surface area contributed by atoms with Gasteiger partial charge in [-0.05, 0) is 38.9 Å². The number of carbonyl (C=O) groups excluding carboxylic acids is 1. The SMILES string of the molecule is C=C1C(=O)OC[C@@H]1[C@H](O)/C=C(\C)CC#CC(C)(C)O[Si](CC)(CC)CC. The summed E-state index contributed by atoms with van der Waals surface area (Å²) in [5.74, 6) is 5.65. The number of esters is 1. The van der Waals surface area contributed by atoms with Gasteiger partial charge >= 0.3 is 5.97 Å². The third-order valence-electron chi connectivity index (χ3n) is 5.13. The Morgan fingerprint density at radius 1 is 1.42 bits per heavy atom. The van der Waals surface area contributed by atoms with Crippen LogP contribution in [0.5, 0.6) is 0 Å². The third kappa shape index (κ3) is 6.12. The zero-order valence-corrected chi connectivity index (χ0v) is 18.1. The molecule has 4 nitrogen and oxygen atoms in total. The Labute approximate surface area is 159 Å². The van der Waals surface area contributed by atoms with Crippen LogP contribution in [0.2, 0.25) is 18.1 Å². The lowest BCUT2D eigenvalue weighted by atomic mass is 9.95. The summed E-state index contributed by atoms with van der Waals surface area (Å²) >= 11 is 0. The van der Waals surface area contributed by atoms with Gasteiger partial charge in [-0.15, -0.1) is 0 Å². The minimum Gasteiger partial charge on any atom is -0.462 e. The molecule has 26 heavy (non-hydrogen) atoms. The summed E-state index contributed by atoms with van der Waals surface area (Å²) in [6, 6.07) is 3.30. The van der Waals surface area contributed by atoms with Gasteiger partial charge in [0.05, 0.1) is 12.0 Å². The fraction of sp³-hybridized carbons (Fsp3) is 0.667. The van der Waals surface area contributed by atoms with E-state index in [0.717, 1.165) is 23.7 Å². The summed E-state index contributed by atoms with van der Waals surface area (Å²) in [6.45, 7) is 16.5. The van der Waals surface area contributed by atoms with Gasteiger partial charge in [0.1, 0.15) is 12.2 Å². The lowest BCUT2D eigenvalue weighted by molar-refractivity contribution is -0.135. The van der Waals surface area contributed by atoms with Gasteiger partial charge in [0.25, 0.3) is 0 Å². The Bertz CT molecular complexity index is 597. The number of aliphatic hydroxyl groups excluding tert-OH is 1. The summed E-state index contributed by atoms with van der Waals surface area (Å²) in [6.07, 6.45) is 1.51. The predicted octanol–water partition coefficient (Wildman–Crippen LogP) is 4.22. The molecule has 0 aromatic heterocycles. The maximum atomic E-state index is 11.4. The Morgan fingerprint density at radius 2 is 2.00 bits per heavy atom. The second kappa shape index (κ2) is 9.54. The lowest BCUT2D eigenvalue weighted by Gasteiger charge is -2.35. The van der Waals surface area contributed by atoms with Crippen LogP contribution < -0.4 is 0 Å². The summed E-state index contributed by atoms with van der Waals surface area (Å²) in [4.78, 5) is 11.4. The molecule has 2 atom stereocenters. The summed E-state index contributed by atoms with van der Waals surface area (Å²) < 4.78 is 11.4. The smallest absolute Gasteiger partial charge is 0.333 e. The van der Waals surface area contributed by atoms with Gasteiger partial charge in [-0.2, -0.15) is 0 Å². The number of allylic oxidation sites excluding steroid dienone is 1. The number of rotatable bonds is 8. The Kier molecular flexibility index (Phi) is 8.33. The molecule has 1 heterocycles. The topological polar surface area (TPSA) is 55.8 Å². The predicted molar refractivity (Wildman–Crippen MR) is 108 cm³/mol. The molecule has 5 heteroatoms. The fourth-order valence-electron chi connectivity index (χ4n) is 3.21. The van der Waals surface area contributed by atoms with Crippen molar-refractivity contribution in [2.24, 2.45) is 5.92 Å². The quantitative estimate of drug-likeness (QED) is 0.226. The lowest BCUT2D eigenvalue weighted by Crippen LogP contribution is -2.43. The molecule has 0 aromatic carbocycles. The molecule has 0 aromatic rings. The van der Waals surface area contributed by atoms with Crippen LogP contribution in [0, 0.1) is 17.8 Å². The van der Waals surface area contributed by atoms with Gasteiger partial charge in [0.2, 0.25) is 0 Å². The summed E-state index contributed by atoms with van der Waals surface area (Å²) in [7, 11) is -1.70. The van der Waals surface area contributed by atoms with E-state index in [1.54, 1.807) is 6.08 Å². The van der Waals surface area contributed by atoms with E-state index < -0.39 is 26.0 Å². The first-order valence-corrected chi connectivity index (χ1v) is 12.0. The zero-order valence-electron chi connectivity index (χ0n) is 17.1. The molecule has 1 rings (SSSR count). The van der Waals surface area contributed by atoms with Gasteiger partial charge in [-0.1, -0.05) is 50.8 Å². The molecule has 0 saturated carbocycles. The average Bonchev–Trinajstić information content (AvgIpc) is 2.92. The highest BCUT2D eigenvalue weighted by Crippen LogP contribution is 2.27. The monoisotopic (exact) mass is 378 g/mol. The molecule has 0 unspecified atom stereocenters. The molecule has 0 bridgehead atoms. The molecular formula is C21H34O4Si. The van der Waals surface area contributed by atoms with Crippen molar-refractivity contribution in [3.05, 3.63) is 23.8 Å². The Balaban J connectivity index is 2.70. The molecule has 1 fully saturated rings. The minimum absolute atomic E-state index is 0.187. The van der Waals surface area contributed by atoms with Crippen molar-refractivity contribution in [3.8, 4) is 11.8 Å². The van der Waals surface area contributed by atoms with Crippen molar-refractivity contribution in [2.45, 2.75) is 77.8 Å². The van der Waals surface area contributed by atoms with Crippen LogP contribution in [-0.2, 0) is 14.0 Å². The number of hydrogen-bond acceptors (Lipinski definition) is 4. The van der Waals surface area contributed by atoms with Crippen molar-refractivity contribution in [1.29, 1.82) is 0 Å². The van der Waals surface area contributed by atoms with Crippen molar-refractivity contribution in [1.82, 2.24) is 0 Å². The van der Waals surface area contributed by atoms with Crippen LogP contribution >= 0.6 is 0 Å². The zero-order chi connectivity index (χ0) is 20.0. The molecule has 1 saturated heterocycles. The second-order valence-electron chi connectivity index (χ2n) is 7.57. The van der Waals surface area contributed by atoms with E-state index in [4.69, 9.17) is 9.16 Å². The standard InChI is InChI=1S/C21H34O4Si/c1-8-26(9-2,10-3)25-21(6,7)13-11-12-16(4)14-19(22)18-15-24-20(23)17(18)5/h14,18-19,22H,5,8-10,12,15H2,1-4,6-7H3/b16-14+/t18-,19+/m0/s1. The van der Waals surface area contributed by atoms with Gasteiger partial charge in [0, 0.05) is 12.0 Å². The molecule has 0 spiro atoms. The Morgan fingerprint density at radius 3 is 2.46 bits per heavy atom. The first-order valence-electron chi connectivity index (χ1n) is 9.51. The van der Waals surface area contributed by atoms with Gasteiger partial charge < -0.3 is 14.3 Å². The number of aliphatic hydroxyl groups is 1. The van der Waals surface area contributed by atoms with E-state index in [-0.39, 0.29) is 12.5 Å². The molecule has 1 aliphatic heterocycles. The first-order chi connectivity index (χ1) is 12.1. The number of cyclic esters (lactones) is 1. The normalized spacial score (nSPS) is 19.8. The third-order valence-corrected chi connectivity index (χ3v) is 9.94. The van der Waals surface area contributed by atoms with E-state index in [1.165, 1.54) is 0 Å². The fourth-order valence-corrected chi connectivity index (χ4v) is 6.28. The summed E-state index contributed by atoms with van der Waals surface area (Å²) in [5, 5.41) is 10.3. The van der Waals surface area contributed by atoms with Crippen LogP contribution in [0.25, 0.3) is 0 Å². The maximum absolute atomic E-state index is 11.4. The van der Waals surface area contributed by atoms with Crippen LogP contribution in [0.1, 0.15) is 48.0 Å². The van der Waals surface area contributed by atoms with E-state index in [2.05, 4.69) is 39.2 Å². The molecule has 146 valence electrons. The number of hydrogen-bond donors (Lipinski definition) is 1. The van der Waals surface area contributed by atoms with Crippen molar-refractivity contribution in [2.75, 3.05) is 6.61 Å². The van der Waals surface area contributed by atoms with E-state index in [1.807, 2.05) is 20.8 Å². The van der Waals surface area contributed by atoms with Crippen LogP contribution in [0.4, 0.5) is 0 Å². The number of ether oxygens (including phenoxy) is 1. The summed E-state index contributed by atoms with van der Waals surface area (Å²) in [5.41, 5.74) is 0.827. The van der Waals surface area contributed by atoms with Crippen molar-refractivity contribution < 1.29 is 19.1 Å². The highest BCUT2D eigenvalue weighted by molar-refractivity contribution is 6.73. The second-order valence-corrected chi connectivity index (χ2v) is 12.3. The minimum atomic E-state index is -1.70. The van der Waals surface area contributed by atoms with Crippen LogP contribution in [0.3, 0.4) is 0 Å². The van der Waals surface area contributed by atoms with Crippen molar-refractivity contribution >= 4 is 14.3 Å². The van der Waals surface area contributed by atoms with Gasteiger partial charge in [-0.25, -0.2) is 4.79 Å². The Hall–Kier alpha value is -1.35. The molecule has 0 radical (unpaired) electrons. The largest absolute Gasteiger partial charge is 0.462 e. The van der Waals surface area contributed by atoms with Crippen LogP contribution in [-0.4, -0.2) is 37.7 Å². The van der Waals surface area contributed by atoms with Crippen molar-refractivity contribution in [3.63, 3.8) is 0 Å². The first kappa shape index (κ1) is 22.7. The highest BCUT2D eigenvalue weighted by Gasteiger charge is 2.35. The van der Waals surface area contributed by atoms with E-state index >= 15 is 0 Å². The molecule has 1 N–H and O–H groups in total. The molecule has 1 aliphatic rings. The van der Waals surface area contributed by atoms with E-state index in [9.17, 15) is 9.90 Å². The van der Waals surface area contributed by atoms with Gasteiger partial charge in [0.15, 0.2) is 8.32 Å². The highest BCUT2D eigenvalue weighted by atomic mass is 28.4. The van der Waals surface area contributed by atoms with E-state index in [0.29, 0.717) is 12.0 Å². The maximum Gasteiger partial charge on any atom is 0.333 e. The number of carbonyl (C=O) groups is 1. The molecule has 0 aliphatic carbocycles. The molecule has 0 amide bonds.